The number of carboxylic acids is 1. The van der Waals surface area contributed by atoms with Gasteiger partial charge >= 0.3 is 5.97 Å². The van der Waals surface area contributed by atoms with E-state index in [0.717, 1.165) is 23.5 Å². The highest BCUT2D eigenvalue weighted by Crippen LogP contribution is 2.17. The van der Waals surface area contributed by atoms with E-state index < -0.39 is 5.97 Å². The van der Waals surface area contributed by atoms with E-state index in [1.165, 1.54) is 17.0 Å². The smallest absolute Gasteiger partial charge is 0.345 e. The predicted octanol–water partition coefficient (Wildman–Crippen LogP) is 3.84. The van der Waals surface area contributed by atoms with Crippen molar-refractivity contribution in [3.63, 3.8) is 0 Å². The third-order valence-corrected chi connectivity index (χ3v) is 4.42. The average molecular weight is 332 g/mol. The lowest BCUT2D eigenvalue weighted by Gasteiger charge is -2.20. The second kappa shape index (κ2) is 8.33. The maximum Gasteiger partial charge on any atom is 0.345 e. The van der Waals surface area contributed by atoms with Crippen LogP contribution in [0.25, 0.3) is 0 Å². The van der Waals surface area contributed by atoms with Crippen molar-refractivity contribution in [1.82, 2.24) is 0 Å². The second-order valence-electron chi connectivity index (χ2n) is 4.84. The molecule has 122 valence electrons. The van der Waals surface area contributed by atoms with Crippen LogP contribution in [0.5, 0.6) is 0 Å². The largest absolute Gasteiger partial charge is 0.477 e. The third kappa shape index (κ3) is 4.82. The quantitative estimate of drug-likeness (QED) is 0.589. The Morgan fingerprint density at radius 2 is 1.91 bits per heavy atom. The molecule has 5 nitrogen and oxygen atoms in total. The first kappa shape index (κ1) is 17.0. The van der Waals surface area contributed by atoms with Crippen molar-refractivity contribution < 1.29 is 14.7 Å². The van der Waals surface area contributed by atoms with Gasteiger partial charge in [-0.15, -0.1) is 11.3 Å². The van der Waals surface area contributed by atoms with Crippen molar-refractivity contribution in [3.05, 3.63) is 51.7 Å². The molecule has 1 aromatic heterocycles. The molecule has 0 radical (unpaired) electrons. The molecule has 0 bridgehead atoms. The SMILES string of the molecule is CCN(CC)c1ccc(C=NOCc2ccc(C(=O)O)s2)cc1. The Morgan fingerprint density at radius 3 is 2.48 bits per heavy atom. The zero-order valence-electron chi connectivity index (χ0n) is 13.2. The summed E-state index contributed by atoms with van der Waals surface area (Å²) < 4.78 is 0. The second-order valence-corrected chi connectivity index (χ2v) is 6.01. The molecule has 6 heteroatoms. The van der Waals surface area contributed by atoms with Crippen LogP contribution >= 0.6 is 11.3 Å². The molecule has 0 aliphatic carbocycles. The molecule has 0 aliphatic heterocycles. The molecule has 0 fully saturated rings. The normalized spacial score (nSPS) is 10.9. The summed E-state index contributed by atoms with van der Waals surface area (Å²) in [6, 6.07) is 11.4. The Bertz CT molecular complexity index is 661. The molecule has 1 N–H and O–H groups in total. The Balaban J connectivity index is 1.86. The Hall–Kier alpha value is -2.34. The van der Waals surface area contributed by atoms with Crippen molar-refractivity contribution in [3.8, 4) is 0 Å². The van der Waals surface area contributed by atoms with E-state index in [9.17, 15) is 4.79 Å². The van der Waals surface area contributed by atoms with Gasteiger partial charge in [-0.2, -0.15) is 0 Å². The van der Waals surface area contributed by atoms with Gasteiger partial charge in [0.2, 0.25) is 0 Å². The molecule has 0 atom stereocenters. The topological polar surface area (TPSA) is 62.1 Å². The van der Waals surface area contributed by atoms with Crippen molar-refractivity contribution in [2.75, 3.05) is 18.0 Å². The van der Waals surface area contributed by atoms with Crippen molar-refractivity contribution in [2.24, 2.45) is 5.16 Å². The first-order valence-corrected chi connectivity index (χ1v) is 8.28. The number of hydrogen-bond donors (Lipinski definition) is 1. The highest BCUT2D eigenvalue weighted by Gasteiger charge is 2.06. The number of thiophene rings is 1. The fraction of sp³-hybridized carbons (Fsp3) is 0.294. The van der Waals surface area contributed by atoms with E-state index in [1.807, 2.05) is 12.1 Å². The minimum Gasteiger partial charge on any atom is -0.477 e. The molecular formula is C17H20N2O3S. The summed E-state index contributed by atoms with van der Waals surface area (Å²) in [5, 5.41) is 12.8. The zero-order chi connectivity index (χ0) is 16.7. The van der Waals surface area contributed by atoms with Gasteiger partial charge in [-0.05, 0) is 43.7 Å². The van der Waals surface area contributed by atoms with Crippen LogP contribution in [0.4, 0.5) is 5.69 Å². The van der Waals surface area contributed by atoms with Gasteiger partial charge in [0, 0.05) is 23.7 Å². The predicted molar refractivity (Wildman–Crippen MR) is 93.7 cm³/mol. The van der Waals surface area contributed by atoms with Gasteiger partial charge in [0.15, 0.2) is 6.61 Å². The molecule has 1 heterocycles. The number of carboxylic acid groups (broad SMARTS) is 1. The molecule has 23 heavy (non-hydrogen) atoms. The molecule has 2 aromatic rings. The maximum absolute atomic E-state index is 10.8. The van der Waals surface area contributed by atoms with E-state index >= 15 is 0 Å². The van der Waals surface area contributed by atoms with Crippen LogP contribution in [0.1, 0.15) is 34.0 Å². The number of oxime groups is 1. The summed E-state index contributed by atoms with van der Waals surface area (Å²) in [5.74, 6) is -0.918. The van der Waals surface area contributed by atoms with Crippen LogP contribution in [0.3, 0.4) is 0 Å². The highest BCUT2D eigenvalue weighted by molar-refractivity contribution is 7.13. The van der Waals surface area contributed by atoms with Crippen molar-refractivity contribution in [2.45, 2.75) is 20.5 Å². The summed E-state index contributed by atoms with van der Waals surface area (Å²) in [6.45, 7) is 6.49. The lowest BCUT2D eigenvalue weighted by Crippen LogP contribution is -2.21. The summed E-state index contributed by atoms with van der Waals surface area (Å²) in [6.07, 6.45) is 1.65. The Morgan fingerprint density at radius 1 is 1.22 bits per heavy atom. The first-order valence-electron chi connectivity index (χ1n) is 7.46. The summed E-state index contributed by atoms with van der Waals surface area (Å²) in [5.41, 5.74) is 2.14. The molecule has 2 rings (SSSR count). The summed E-state index contributed by atoms with van der Waals surface area (Å²) in [7, 11) is 0. The van der Waals surface area contributed by atoms with Crippen LogP contribution in [0, 0.1) is 0 Å². The molecule has 0 saturated carbocycles. The minimum atomic E-state index is -0.918. The number of benzene rings is 1. The molecule has 0 spiro atoms. The lowest BCUT2D eigenvalue weighted by atomic mass is 10.2. The summed E-state index contributed by atoms with van der Waals surface area (Å²) >= 11 is 1.19. The van der Waals surface area contributed by atoms with E-state index in [1.54, 1.807) is 18.3 Å². The number of nitrogens with zero attached hydrogens (tertiary/aromatic N) is 2. The fourth-order valence-corrected chi connectivity index (χ4v) is 2.88. The highest BCUT2D eigenvalue weighted by atomic mass is 32.1. The maximum atomic E-state index is 10.8. The van der Waals surface area contributed by atoms with Gasteiger partial charge in [0.1, 0.15) is 4.88 Å². The standard InChI is InChI=1S/C17H20N2O3S/c1-3-19(4-2)14-7-5-13(6-8-14)11-18-22-12-15-9-10-16(23-15)17(20)21/h5-11H,3-4,12H2,1-2H3,(H,20,21). The van der Waals surface area contributed by atoms with Crippen LogP contribution in [-0.2, 0) is 11.4 Å². The molecule has 0 amide bonds. The van der Waals surface area contributed by atoms with Crippen LogP contribution < -0.4 is 4.90 Å². The number of carbonyl (C=O) groups is 1. The Labute approximate surface area is 139 Å². The van der Waals surface area contributed by atoms with Crippen molar-refractivity contribution in [1.29, 1.82) is 0 Å². The van der Waals surface area contributed by atoms with E-state index in [2.05, 4.69) is 36.0 Å². The van der Waals surface area contributed by atoms with E-state index in [-0.39, 0.29) is 6.61 Å². The number of anilines is 1. The number of hydrogen-bond acceptors (Lipinski definition) is 5. The molecule has 0 aliphatic rings. The zero-order valence-corrected chi connectivity index (χ0v) is 14.0. The first-order chi connectivity index (χ1) is 11.1. The van der Waals surface area contributed by atoms with Crippen molar-refractivity contribution >= 4 is 29.2 Å². The minimum absolute atomic E-state index is 0.270. The number of aromatic carboxylic acids is 1. The summed E-state index contributed by atoms with van der Waals surface area (Å²) in [4.78, 5) is 19.4. The average Bonchev–Trinajstić information content (AvgIpc) is 3.03. The lowest BCUT2D eigenvalue weighted by molar-refractivity contribution is 0.0702. The fourth-order valence-electron chi connectivity index (χ4n) is 2.13. The van der Waals surface area contributed by atoms with Gasteiger partial charge in [0.25, 0.3) is 0 Å². The molecule has 1 aromatic carbocycles. The van der Waals surface area contributed by atoms with Gasteiger partial charge in [-0.1, -0.05) is 17.3 Å². The molecular weight excluding hydrogens is 312 g/mol. The number of rotatable bonds is 8. The van der Waals surface area contributed by atoms with Gasteiger partial charge in [-0.25, -0.2) is 4.79 Å². The third-order valence-electron chi connectivity index (χ3n) is 3.38. The molecule has 0 unspecified atom stereocenters. The monoisotopic (exact) mass is 332 g/mol. The van der Waals surface area contributed by atoms with Gasteiger partial charge in [-0.3, -0.25) is 0 Å². The molecule has 0 saturated heterocycles. The van der Waals surface area contributed by atoms with Gasteiger partial charge < -0.3 is 14.8 Å². The Kier molecular flexibility index (Phi) is 6.17. The van der Waals surface area contributed by atoms with E-state index in [0.29, 0.717) is 4.88 Å². The van der Waals surface area contributed by atoms with Crippen LogP contribution in [0.15, 0.2) is 41.6 Å². The van der Waals surface area contributed by atoms with E-state index in [4.69, 9.17) is 9.94 Å². The van der Waals surface area contributed by atoms with Gasteiger partial charge in [0.05, 0.1) is 6.21 Å². The van der Waals surface area contributed by atoms with Crippen LogP contribution in [0.2, 0.25) is 0 Å². The van der Waals surface area contributed by atoms with Crippen LogP contribution in [-0.4, -0.2) is 30.4 Å².